The number of rotatable bonds is 2. The van der Waals surface area contributed by atoms with E-state index in [0.717, 1.165) is 4.90 Å². The van der Waals surface area contributed by atoms with Crippen molar-refractivity contribution in [1.29, 1.82) is 0 Å². The van der Waals surface area contributed by atoms with Crippen LogP contribution in [0.4, 0.5) is 16.4 Å². The number of amides is 3. The molecule has 5 heteroatoms. The lowest BCUT2D eigenvalue weighted by molar-refractivity contribution is -0.115. The summed E-state index contributed by atoms with van der Waals surface area (Å²) in [5, 5.41) is 2.62. The number of imide groups is 1. The molecule has 0 atom stereocenters. The number of hydrogen-bond acceptors (Lipinski definition) is 3. The Morgan fingerprint density at radius 2 is 1.83 bits per heavy atom. The molecule has 1 N–H and O–H groups in total. The second-order valence-electron chi connectivity index (χ2n) is 3.60. The first-order valence-corrected chi connectivity index (χ1v) is 5.38. The minimum absolute atomic E-state index is 0.191. The van der Waals surface area contributed by atoms with E-state index in [9.17, 15) is 9.59 Å². The fourth-order valence-electron chi connectivity index (χ4n) is 1.50. The highest BCUT2D eigenvalue weighted by atomic mass is 16.4. The molecule has 0 aliphatic carbocycles. The average Bonchev–Trinajstić information content (AvgIpc) is 2.83. The smallest absolute Gasteiger partial charge is 0.335 e. The average molecular weight is 244 g/mol. The zero-order chi connectivity index (χ0) is 13.0. The minimum atomic E-state index is -0.552. The first-order valence-electron chi connectivity index (χ1n) is 5.38. The summed E-state index contributed by atoms with van der Waals surface area (Å²) in [6, 6.07) is 11.5. The van der Waals surface area contributed by atoms with E-state index >= 15 is 0 Å². The largest absolute Gasteiger partial charge is 0.448 e. The van der Waals surface area contributed by atoms with E-state index in [1.165, 1.54) is 13.2 Å². The van der Waals surface area contributed by atoms with E-state index in [2.05, 4.69) is 5.32 Å². The molecule has 0 saturated heterocycles. The van der Waals surface area contributed by atoms with Gasteiger partial charge in [-0.25, -0.2) is 9.69 Å². The highest BCUT2D eigenvalue weighted by molar-refractivity contribution is 6.16. The maximum absolute atomic E-state index is 12.0. The van der Waals surface area contributed by atoms with E-state index in [4.69, 9.17) is 4.42 Å². The van der Waals surface area contributed by atoms with Crippen molar-refractivity contribution in [1.82, 2.24) is 0 Å². The lowest BCUT2D eigenvalue weighted by Crippen LogP contribution is -2.38. The second kappa shape index (κ2) is 5.18. The molecule has 1 aromatic carbocycles. The molecule has 0 aliphatic rings. The van der Waals surface area contributed by atoms with Crippen LogP contribution in [0.3, 0.4) is 0 Å². The summed E-state index contributed by atoms with van der Waals surface area (Å²) in [4.78, 5) is 24.4. The van der Waals surface area contributed by atoms with E-state index in [0.29, 0.717) is 5.69 Å². The molecule has 0 fully saturated rings. The van der Waals surface area contributed by atoms with Crippen LogP contribution in [0.25, 0.3) is 0 Å². The van der Waals surface area contributed by atoms with Gasteiger partial charge in [0, 0.05) is 18.7 Å². The third-order valence-electron chi connectivity index (χ3n) is 2.27. The summed E-state index contributed by atoms with van der Waals surface area (Å²) >= 11 is 0. The molecule has 0 bridgehead atoms. The Morgan fingerprint density at radius 3 is 2.39 bits per heavy atom. The number of anilines is 2. The van der Waals surface area contributed by atoms with Gasteiger partial charge in [0.15, 0.2) is 0 Å². The molecule has 3 amide bonds. The van der Waals surface area contributed by atoms with Gasteiger partial charge >= 0.3 is 6.03 Å². The summed E-state index contributed by atoms with van der Waals surface area (Å²) in [5.41, 5.74) is 0.611. The van der Waals surface area contributed by atoms with Crippen LogP contribution < -0.4 is 10.2 Å². The van der Waals surface area contributed by atoms with Crippen molar-refractivity contribution in [3.8, 4) is 0 Å². The van der Waals surface area contributed by atoms with Gasteiger partial charge in [-0.3, -0.25) is 4.79 Å². The molecule has 0 unspecified atom stereocenters. The fourth-order valence-corrected chi connectivity index (χ4v) is 1.50. The number of hydrogen-bond donors (Lipinski definition) is 1. The number of benzene rings is 1. The highest BCUT2D eigenvalue weighted by Crippen LogP contribution is 2.16. The Hall–Kier alpha value is -2.56. The first-order chi connectivity index (χ1) is 8.68. The van der Waals surface area contributed by atoms with Crippen molar-refractivity contribution < 1.29 is 14.0 Å². The predicted molar refractivity (Wildman–Crippen MR) is 67.3 cm³/mol. The van der Waals surface area contributed by atoms with E-state index in [-0.39, 0.29) is 5.88 Å². The van der Waals surface area contributed by atoms with Crippen LogP contribution in [-0.4, -0.2) is 11.9 Å². The molecule has 2 rings (SSSR count). The van der Waals surface area contributed by atoms with Gasteiger partial charge in [0.25, 0.3) is 0 Å². The SMILES string of the molecule is CC(=O)N(C(=O)Nc1ccccc1)c1ccco1. The van der Waals surface area contributed by atoms with Gasteiger partial charge in [-0.15, -0.1) is 0 Å². The van der Waals surface area contributed by atoms with Crippen molar-refractivity contribution in [2.24, 2.45) is 0 Å². The maximum Gasteiger partial charge on any atom is 0.335 e. The van der Waals surface area contributed by atoms with Crippen LogP contribution in [0.15, 0.2) is 53.1 Å². The first kappa shape index (κ1) is 11.9. The lowest BCUT2D eigenvalue weighted by atomic mass is 10.3. The Kier molecular flexibility index (Phi) is 3.43. The molecule has 0 radical (unpaired) electrons. The Balaban J connectivity index is 2.18. The molecular weight excluding hydrogens is 232 g/mol. The Morgan fingerprint density at radius 1 is 1.11 bits per heavy atom. The number of carbonyl (C=O) groups is 2. The summed E-state index contributed by atoms with van der Waals surface area (Å²) in [6.07, 6.45) is 1.40. The number of furan rings is 1. The normalized spacial score (nSPS) is 9.83. The van der Waals surface area contributed by atoms with Gasteiger partial charge in [0.2, 0.25) is 11.8 Å². The monoisotopic (exact) mass is 244 g/mol. The second-order valence-corrected chi connectivity index (χ2v) is 3.60. The van der Waals surface area contributed by atoms with Crippen LogP contribution in [-0.2, 0) is 4.79 Å². The van der Waals surface area contributed by atoms with E-state index in [1.807, 2.05) is 6.07 Å². The van der Waals surface area contributed by atoms with Crippen molar-refractivity contribution in [2.75, 3.05) is 10.2 Å². The highest BCUT2D eigenvalue weighted by Gasteiger charge is 2.22. The third kappa shape index (κ3) is 2.57. The number of carbonyl (C=O) groups excluding carboxylic acids is 2. The molecule has 0 aliphatic heterocycles. The van der Waals surface area contributed by atoms with Crippen molar-refractivity contribution in [3.63, 3.8) is 0 Å². The van der Waals surface area contributed by atoms with Crippen LogP contribution in [0, 0.1) is 0 Å². The zero-order valence-electron chi connectivity index (χ0n) is 9.79. The third-order valence-corrected chi connectivity index (χ3v) is 2.27. The van der Waals surface area contributed by atoms with Gasteiger partial charge in [0.05, 0.1) is 6.26 Å². The number of urea groups is 1. The van der Waals surface area contributed by atoms with Crippen molar-refractivity contribution in [2.45, 2.75) is 6.92 Å². The van der Waals surface area contributed by atoms with Gasteiger partial charge in [-0.05, 0) is 18.2 Å². The van der Waals surface area contributed by atoms with Crippen molar-refractivity contribution >= 4 is 23.5 Å². The molecule has 2 aromatic rings. The number of nitrogens with zero attached hydrogens (tertiary/aromatic N) is 1. The standard InChI is InChI=1S/C13H12N2O3/c1-10(16)15(12-8-5-9-18-12)13(17)14-11-6-3-2-4-7-11/h2-9H,1H3,(H,14,17). The lowest BCUT2D eigenvalue weighted by Gasteiger charge is -2.16. The molecule has 0 saturated carbocycles. The number of nitrogens with one attached hydrogen (secondary N) is 1. The topological polar surface area (TPSA) is 62.6 Å². The molecule has 1 aromatic heterocycles. The van der Waals surface area contributed by atoms with Crippen LogP contribution in [0.1, 0.15) is 6.92 Å². The Bertz CT molecular complexity index is 535. The fraction of sp³-hybridized carbons (Fsp3) is 0.0769. The van der Waals surface area contributed by atoms with Gasteiger partial charge in [-0.2, -0.15) is 0 Å². The minimum Gasteiger partial charge on any atom is -0.448 e. The molecule has 5 nitrogen and oxygen atoms in total. The van der Waals surface area contributed by atoms with Gasteiger partial charge < -0.3 is 9.73 Å². The summed E-state index contributed by atoms with van der Waals surface area (Å²) in [7, 11) is 0. The van der Waals surface area contributed by atoms with Crippen molar-refractivity contribution in [3.05, 3.63) is 48.7 Å². The van der Waals surface area contributed by atoms with E-state index < -0.39 is 11.9 Å². The van der Waals surface area contributed by atoms with Crippen LogP contribution in [0.5, 0.6) is 0 Å². The molecule has 92 valence electrons. The van der Waals surface area contributed by atoms with E-state index in [1.54, 1.807) is 36.4 Å². The zero-order valence-corrected chi connectivity index (χ0v) is 9.79. The Labute approximate surface area is 104 Å². The molecular formula is C13H12N2O3. The molecule has 1 heterocycles. The number of para-hydroxylation sites is 1. The van der Waals surface area contributed by atoms with Crippen LogP contribution >= 0.6 is 0 Å². The van der Waals surface area contributed by atoms with Gasteiger partial charge in [0.1, 0.15) is 0 Å². The molecule has 18 heavy (non-hydrogen) atoms. The predicted octanol–water partition coefficient (Wildman–Crippen LogP) is 2.86. The summed E-state index contributed by atoms with van der Waals surface area (Å²) in [6.45, 7) is 1.30. The summed E-state index contributed by atoms with van der Waals surface area (Å²) < 4.78 is 5.06. The van der Waals surface area contributed by atoms with Crippen LogP contribution in [0.2, 0.25) is 0 Å². The maximum atomic E-state index is 12.0. The van der Waals surface area contributed by atoms with Gasteiger partial charge in [-0.1, -0.05) is 18.2 Å². The quantitative estimate of drug-likeness (QED) is 0.883. The summed E-state index contributed by atoms with van der Waals surface area (Å²) in [5.74, 6) is -0.227. The molecule has 0 spiro atoms.